The molecule has 1 aliphatic heterocycles. The summed E-state index contributed by atoms with van der Waals surface area (Å²) >= 11 is 0. The predicted octanol–water partition coefficient (Wildman–Crippen LogP) is 2.45. The standard InChI is InChI=1S/C16H23NO2/c1-12-4-5-15(13(2)8-12)16(18)10-17-7-6-14(9-17)11-19-3/h4-5,8,14H,6-7,9-11H2,1-3H3. The summed E-state index contributed by atoms with van der Waals surface area (Å²) in [4.78, 5) is 14.6. The summed E-state index contributed by atoms with van der Waals surface area (Å²) in [6.07, 6.45) is 1.13. The molecule has 0 aromatic heterocycles. The van der Waals surface area contributed by atoms with Gasteiger partial charge in [0.1, 0.15) is 0 Å². The molecule has 0 N–H and O–H groups in total. The first kappa shape index (κ1) is 14.2. The highest BCUT2D eigenvalue weighted by atomic mass is 16.5. The van der Waals surface area contributed by atoms with E-state index in [9.17, 15) is 4.79 Å². The van der Waals surface area contributed by atoms with Crippen LogP contribution in [0.3, 0.4) is 0 Å². The van der Waals surface area contributed by atoms with E-state index in [2.05, 4.69) is 17.9 Å². The number of methoxy groups -OCH3 is 1. The Morgan fingerprint density at radius 3 is 2.89 bits per heavy atom. The van der Waals surface area contributed by atoms with Crippen LogP contribution in [0.4, 0.5) is 0 Å². The number of Topliss-reactive ketones (excluding diaryl/α,β-unsaturated/α-hetero) is 1. The van der Waals surface area contributed by atoms with Crippen molar-refractivity contribution >= 4 is 5.78 Å². The number of likely N-dealkylation sites (tertiary alicyclic amines) is 1. The molecule has 1 heterocycles. The van der Waals surface area contributed by atoms with E-state index < -0.39 is 0 Å². The van der Waals surface area contributed by atoms with Crippen LogP contribution in [0.1, 0.15) is 27.9 Å². The van der Waals surface area contributed by atoms with Crippen molar-refractivity contribution in [2.45, 2.75) is 20.3 Å². The minimum atomic E-state index is 0.232. The fraction of sp³-hybridized carbons (Fsp3) is 0.562. The lowest BCUT2D eigenvalue weighted by molar-refractivity contribution is 0.0936. The summed E-state index contributed by atoms with van der Waals surface area (Å²) in [7, 11) is 1.74. The fourth-order valence-corrected chi connectivity index (χ4v) is 2.84. The third kappa shape index (κ3) is 3.64. The number of ketones is 1. The minimum absolute atomic E-state index is 0.232. The van der Waals surface area contributed by atoms with Crippen LogP contribution in [-0.4, -0.2) is 44.0 Å². The van der Waals surface area contributed by atoms with Gasteiger partial charge in [0.15, 0.2) is 5.78 Å². The molecule has 1 fully saturated rings. The fourth-order valence-electron chi connectivity index (χ4n) is 2.84. The summed E-state index contributed by atoms with van der Waals surface area (Å²) < 4.78 is 5.18. The number of hydrogen-bond donors (Lipinski definition) is 0. The van der Waals surface area contributed by atoms with Crippen LogP contribution in [0.5, 0.6) is 0 Å². The van der Waals surface area contributed by atoms with Crippen molar-refractivity contribution in [3.05, 3.63) is 34.9 Å². The van der Waals surface area contributed by atoms with Gasteiger partial charge in [-0.05, 0) is 38.3 Å². The summed E-state index contributed by atoms with van der Waals surface area (Å²) in [5, 5.41) is 0. The molecule has 1 aromatic carbocycles. The second kappa shape index (κ2) is 6.31. The van der Waals surface area contributed by atoms with Crippen LogP contribution in [0.25, 0.3) is 0 Å². The van der Waals surface area contributed by atoms with Gasteiger partial charge in [-0.15, -0.1) is 0 Å². The van der Waals surface area contributed by atoms with Gasteiger partial charge in [0.25, 0.3) is 0 Å². The number of ether oxygens (including phenoxy) is 1. The summed E-state index contributed by atoms with van der Waals surface area (Å²) in [6.45, 7) is 7.38. The number of rotatable bonds is 5. The number of hydrogen-bond acceptors (Lipinski definition) is 3. The molecule has 0 saturated carbocycles. The molecule has 0 spiro atoms. The van der Waals surface area contributed by atoms with E-state index in [4.69, 9.17) is 4.74 Å². The molecule has 19 heavy (non-hydrogen) atoms. The number of carbonyl (C=O) groups is 1. The Bertz CT molecular complexity index is 456. The van der Waals surface area contributed by atoms with Crippen LogP contribution >= 0.6 is 0 Å². The normalized spacial score (nSPS) is 19.8. The Morgan fingerprint density at radius 1 is 1.42 bits per heavy atom. The summed E-state index contributed by atoms with van der Waals surface area (Å²) in [5.74, 6) is 0.812. The van der Waals surface area contributed by atoms with Crippen LogP contribution in [0.2, 0.25) is 0 Å². The molecular weight excluding hydrogens is 238 g/mol. The Hall–Kier alpha value is -1.19. The van der Waals surface area contributed by atoms with Crippen molar-refractivity contribution in [3.8, 4) is 0 Å². The number of benzene rings is 1. The molecule has 1 aliphatic rings. The molecule has 104 valence electrons. The van der Waals surface area contributed by atoms with Crippen LogP contribution < -0.4 is 0 Å². The second-order valence-corrected chi connectivity index (χ2v) is 5.59. The highest BCUT2D eigenvalue weighted by Gasteiger charge is 2.24. The van der Waals surface area contributed by atoms with Gasteiger partial charge in [-0.3, -0.25) is 9.69 Å². The SMILES string of the molecule is COCC1CCN(CC(=O)c2ccc(C)cc2C)C1. The van der Waals surface area contributed by atoms with Gasteiger partial charge in [-0.1, -0.05) is 23.8 Å². The van der Waals surface area contributed by atoms with Crippen molar-refractivity contribution in [2.24, 2.45) is 5.92 Å². The lowest BCUT2D eigenvalue weighted by Gasteiger charge is -2.15. The molecule has 0 amide bonds. The molecule has 0 bridgehead atoms. The lowest BCUT2D eigenvalue weighted by Crippen LogP contribution is -2.28. The van der Waals surface area contributed by atoms with Crippen LogP contribution in [-0.2, 0) is 4.74 Å². The summed E-state index contributed by atoms with van der Waals surface area (Å²) in [5.41, 5.74) is 3.15. The Labute approximate surface area is 115 Å². The zero-order valence-electron chi connectivity index (χ0n) is 12.1. The van der Waals surface area contributed by atoms with Gasteiger partial charge in [0.05, 0.1) is 13.2 Å². The molecular formula is C16H23NO2. The first-order valence-electron chi connectivity index (χ1n) is 6.92. The van der Waals surface area contributed by atoms with Gasteiger partial charge in [0, 0.05) is 19.2 Å². The first-order chi connectivity index (χ1) is 9.10. The van der Waals surface area contributed by atoms with Crippen molar-refractivity contribution in [1.29, 1.82) is 0 Å². The molecule has 1 aromatic rings. The predicted molar refractivity (Wildman–Crippen MR) is 76.7 cm³/mol. The van der Waals surface area contributed by atoms with Gasteiger partial charge >= 0.3 is 0 Å². The molecule has 1 saturated heterocycles. The summed E-state index contributed by atoms with van der Waals surface area (Å²) in [6, 6.07) is 6.04. The van der Waals surface area contributed by atoms with Crippen molar-refractivity contribution in [2.75, 3.05) is 33.4 Å². The average molecular weight is 261 g/mol. The van der Waals surface area contributed by atoms with E-state index in [1.165, 1.54) is 5.56 Å². The average Bonchev–Trinajstić information content (AvgIpc) is 2.76. The van der Waals surface area contributed by atoms with E-state index in [0.717, 1.165) is 37.2 Å². The lowest BCUT2D eigenvalue weighted by atomic mass is 10.0. The van der Waals surface area contributed by atoms with Gasteiger partial charge in [0.2, 0.25) is 0 Å². The molecule has 2 rings (SSSR count). The van der Waals surface area contributed by atoms with E-state index >= 15 is 0 Å². The second-order valence-electron chi connectivity index (χ2n) is 5.59. The Balaban J connectivity index is 1.94. The Kier molecular flexibility index (Phi) is 4.72. The number of carbonyl (C=O) groups excluding carboxylic acids is 1. The zero-order valence-corrected chi connectivity index (χ0v) is 12.1. The van der Waals surface area contributed by atoms with Crippen molar-refractivity contribution in [3.63, 3.8) is 0 Å². The number of nitrogens with zero attached hydrogens (tertiary/aromatic N) is 1. The first-order valence-corrected chi connectivity index (χ1v) is 6.92. The van der Waals surface area contributed by atoms with Crippen molar-refractivity contribution < 1.29 is 9.53 Å². The maximum absolute atomic E-state index is 12.3. The zero-order chi connectivity index (χ0) is 13.8. The minimum Gasteiger partial charge on any atom is -0.384 e. The molecule has 3 nitrogen and oxygen atoms in total. The quantitative estimate of drug-likeness (QED) is 0.763. The maximum Gasteiger partial charge on any atom is 0.177 e. The molecule has 1 atom stereocenters. The molecule has 0 radical (unpaired) electrons. The monoisotopic (exact) mass is 261 g/mol. The van der Waals surface area contributed by atoms with E-state index in [-0.39, 0.29) is 5.78 Å². The molecule has 0 aliphatic carbocycles. The van der Waals surface area contributed by atoms with Gasteiger partial charge in [-0.25, -0.2) is 0 Å². The molecule has 3 heteroatoms. The van der Waals surface area contributed by atoms with Gasteiger partial charge < -0.3 is 4.74 Å². The van der Waals surface area contributed by atoms with E-state index in [0.29, 0.717) is 12.5 Å². The highest BCUT2D eigenvalue weighted by molar-refractivity contribution is 5.99. The number of aryl methyl sites for hydroxylation is 2. The third-order valence-electron chi connectivity index (χ3n) is 3.82. The van der Waals surface area contributed by atoms with Crippen LogP contribution in [0, 0.1) is 19.8 Å². The highest BCUT2D eigenvalue weighted by Crippen LogP contribution is 2.18. The van der Waals surface area contributed by atoms with E-state index in [1.807, 2.05) is 19.1 Å². The van der Waals surface area contributed by atoms with E-state index in [1.54, 1.807) is 7.11 Å². The van der Waals surface area contributed by atoms with Gasteiger partial charge in [-0.2, -0.15) is 0 Å². The Morgan fingerprint density at radius 2 is 2.21 bits per heavy atom. The molecule has 1 unspecified atom stereocenters. The maximum atomic E-state index is 12.3. The van der Waals surface area contributed by atoms with Crippen molar-refractivity contribution in [1.82, 2.24) is 4.90 Å². The van der Waals surface area contributed by atoms with Crippen LogP contribution in [0.15, 0.2) is 18.2 Å². The smallest absolute Gasteiger partial charge is 0.177 e. The topological polar surface area (TPSA) is 29.5 Å². The third-order valence-corrected chi connectivity index (χ3v) is 3.82. The largest absolute Gasteiger partial charge is 0.384 e.